The second-order valence-corrected chi connectivity index (χ2v) is 4.69. The highest BCUT2D eigenvalue weighted by Crippen LogP contribution is 2.20. The molecule has 1 amide bonds. The van der Waals surface area contributed by atoms with Crippen molar-refractivity contribution >= 4 is 11.9 Å². The summed E-state index contributed by atoms with van der Waals surface area (Å²) in [5, 5.41) is 9.15. The molecule has 0 bridgehead atoms. The molecule has 6 nitrogen and oxygen atoms in total. The number of furan rings is 1. The highest BCUT2D eigenvalue weighted by molar-refractivity contribution is 5.94. The van der Waals surface area contributed by atoms with Crippen LogP contribution in [0.15, 0.2) is 10.5 Å². The van der Waals surface area contributed by atoms with Gasteiger partial charge in [-0.15, -0.1) is 0 Å². The minimum atomic E-state index is -1.06. The van der Waals surface area contributed by atoms with Crippen LogP contribution in [0.25, 0.3) is 0 Å². The first kappa shape index (κ1) is 14.6. The standard InChI is InChI=1S/C14H19NO5/c1-3-9-7-12(20-11(9)4-2)13(16)15-5-6-19-8-10(15)14(17)18/h7,10H,3-6,8H2,1-2H3,(H,17,18). The van der Waals surface area contributed by atoms with Crippen molar-refractivity contribution in [2.24, 2.45) is 0 Å². The Labute approximate surface area is 117 Å². The minimum Gasteiger partial charge on any atom is -0.480 e. The maximum atomic E-state index is 12.4. The number of amides is 1. The number of morpholine rings is 1. The number of carbonyl (C=O) groups is 2. The number of carboxylic acids is 1. The zero-order chi connectivity index (χ0) is 14.7. The molecule has 1 N–H and O–H groups in total. The number of hydrogen-bond acceptors (Lipinski definition) is 4. The Morgan fingerprint density at radius 1 is 1.40 bits per heavy atom. The zero-order valence-electron chi connectivity index (χ0n) is 11.7. The van der Waals surface area contributed by atoms with E-state index in [4.69, 9.17) is 14.3 Å². The molecule has 1 atom stereocenters. The first-order chi connectivity index (χ1) is 9.58. The van der Waals surface area contributed by atoms with Crippen molar-refractivity contribution in [1.29, 1.82) is 0 Å². The molecule has 1 aromatic heterocycles. The summed E-state index contributed by atoms with van der Waals surface area (Å²) in [5.41, 5.74) is 0.996. The number of hydrogen-bond donors (Lipinski definition) is 1. The monoisotopic (exact) mass is 281 g/mol. The molecule has 20 heavy (non-hydrogen) atoms. The molecular formula is C14H19NO5. The molecule has 1 unspecified atom stereocenters. The van der Waals surface area contributed by atoms with Crippen molar-refractivity contribution in [3.63, 3.8) is 0 Å². The van der Waals surface area contributed by atoms with Crippen LogP contribution < -0.4 is 0 Å². The van der Waals surface area contributed by atoms with E-state index in [1.54, 1.807) is 6.07 Å². The van der Waals surface area contributed by atoms with E-state index in [2.05, 4.69) is 0 Å². The average molecular weight is 281 g/mol. The third-order valence-corrected chi connectivity index (χ3v) is 3.48. The number of carbonyl (C=O) groups excluding carboxylic acids is 1. The lowest BCUT2D eigenvalue weighted by atomic mass is 10.1. The minimum absolute atomic E-state index is 0.0169. The topological polar surface area (TPSA) is 80.0 Å². The lowest BCUT2D eigenvalue weighted by molar-refractivity contribution is -0.147. The molecule has 1 saturated heterocycles. The van der Waals surface area contributed by atoms with Gasteiger partial charge in [0.05, 0.1) is 13.2 Å². The third-order valence-electron chi connectivity index (χ3n) is 3.48. The van der Waals surface area contributed by atoms with E-state index >= 15 is 0 Å². The predicted molar refractivity (Wildman–Crippen MR) is 70.7 cm³/mol. The van der Waals surface area contributed by atoms with Crippen LogP contribution in [0.4, 0.5) is 0 Å². The van der Waals surface area contributed by atoms with E-state index in [0.29, 0.717) is 13.0 Å². The predicted octanol–water partition coefficient (Wildman–Crippen LogP) is 1.33. The highest BCUT2D eigenvalue weighted by Gasteiger charge is 2.34. The number of carboxylic acid groups (broad SMARTS) is 1. The summed E-state index contributed by atoms with van der Waals surface area (Å²) in [6.45, 7) is 4.58. The Balaban J connectivity index is 2.25. The quantitative estimate of drug-likeness (QED) is 0.900. The molecule has 2 rings (SSSR count). The van der Waals surface area contributed by atoms with Crippen molar-refractivity contribution in [3.05, 3.63) is 23.2 Å². The van der Waals surface area contributed by atoms with Crippen LogP contribution in [0.5, 0.6) is 0 Å². The molecule has 2 heterocycles. The summed E-state index contributed by atoms with van der Waals surface area (Å²) in [6, 6.07) is 0.770. The van der Waals surface area contributed by atoms with E-state index < -0.39 is 12.0 Å². The molecule has 110 valence electrons. The second-order valence-electron chi connectivity index (χ2n) is 4.69. The summed E-state index contributed by atoms with van der Waals surface area (Å²) in [4.78, 5) is 24.9. The molecule has 6 heteroatoms. The summed E-state index contributed by atoms with van der Waals surface area (Å²) >= 11 is 0. The summed E-state index contributed by atoms with van der Waals surface area (Å²) in [5.74, 6) is -0.436. The lowest BCUT2D eigenvalue weighted by Crippen LogP contribution is -2.52. The van der Waals surface area contributed by atoms with Crippen molar-refractivity contribution < 1.29 is 23.8 Å². The molecule has 1 aromatic rings. The lowest BCUT2D eigenvalue weighted by Gasteiger charge is -2.32. The maximum absolute atomic E-state index is 12.4. The normalized spacial score (nSPS) is 19.1. The largest absolute Gasteiger partial charge is 0.480 e. The molecule has 0 spiro atoms. The van der Waals surface area contributed by atoms with Gasteiger partial charge in [-0.05, 0) is 18.1 Å². The second kappa shape index (κ2) is 6.09. The first-order valence-electron chi connectivity index (χ1n) is 6.81. The van der Waals surface area contributed by atoms with Crippen molar-refractivity contribution in [1.82, 2.24) is 4.90 Å². The van der Waals surface area contributed by atoms with Crippen LogP contribution in [0.3, 0.4) is 0 Å². The number of ether oxygens (including phenoxy) is 1. The Bertz CT molecular complexity index is 486. The Kier molecular flexibility index (Phi) is 4.44. The van der Waals surface area contributed by atoms with Crippen molar-refractivity contribution in [2.45, 2.75) is 32.7 Å². The van der Waals surface area contributed by atoms with Crippen LogP contribution in [0.2, 0.25) is 0 Å². The molecule has 1 fully saturated rings. The summed E-state index contributed by atoms with van der Waals surface area (Å²) in [7, 11) is 0. The van der Waals surface area contributed by atoms with Gasteiger partial charge in [0.25, 0.3) is 5.91 Å². The van der Waals surface area contributed by atoms with Gasteiger partial charge in [-0.1, -0.05) is 13.8 Å². The number of rotatable bonds is 4. The first-order valence-corrected chi connectivity index (χ1v) is 6.81. The van der Waals surface area contributed by atoms with Crippen LogP contribution in [0, 0.1) is 0 Å². The van der Waals surface area contributed by atoms with Gasteiger partial charge in [-0.3, -0.25) is 4.79 Å². The van der Waals surface area contributed by atoms with Gasteiger partial charge in [-0.25, -0.2) is 4.79 Å². The van der Waals surface area contributed by atoms with Gasteiger partial charge in [-0.2, -0.15) is 0 Å². The smallest absolute Gasteiger partial charge is 0.328 e. The van der Waals surface area contributed by atoms with Crippen molar-refractivity contribution in [3.8, 4) is 0 Å². The number of aryl methyl sites for hydroxylation is 2. The van der Waals surface area contributed by atoms with Gasteiger partial charge >= 0.3 is 5.97 Å². The van der Waals surface area contributed by atoms with E-state index in [9.17, 15) is 9.59 Å². The van der Waals surface area contributed by atoms with E-state index in [0.717, 1.165) is 17.7 Å². The van der Waals surface area contributed by atoms with Crippen LogP contribution >= 0.6 is 0 Å². The van der Waals surface area contributed by atoms with E-state index in [1.165, 1.54) is 4.90 Å². The van der Waals surface area contributed by atoms with E-state index in [-0.39, 0.29) is 24.8 Å². The average Bonchev–Trinajstić information content (AvgIpc) is 2.89. The number of nitrogens with zero attached hydrogens (tertiary/aromatic N) is 1. The molecule has 0 saturated carbocycles. The molecule has 0 radical (unpaired) electrons. The van der Waals surface area contributed by atoms with Crippen LogP contribution in [-0.4, -0.2) is 47.7 Å². The fourth-order valence-corrected chi connectivity index (χ4v) is 2.36. The molecule has 1 aliphatic rings. The van der Waals surface area contributed by atoms with Gasteiger partial charge in [0.15, 0.2) is 11.8 Å². The van der Waals surface area contributed by atoms with Crippen LogP contribution in [0.1, 0.15) is 35.7 Å². The molecule has 0 aromatic carbocycles. The maximum Gasteiger partial charge on any atom is 0.328 e. The molecular weight excluding hydrogens is 262 g/mol. The summed E-state index contributed by atoms with van der Waals surface area (Å²) < 4.78 is 10.7. The fourth-order valence-electron chi connectivity index (χ4n) is 2.36. The van der Waals surface area contributed by atoms with Gasteiger partial charge < -0.3 is 19.2 Å². The Morgan fingerprint density at radius 3 is 2.70 bits per heavy atom. The summed E-state index contributed by atoms with van der Waals surface area (Å²) in [6.07, 6.45) is 1.49. The Morgan fingerprint density at radius 2 is 2.15 bits per heavy atom. The zero-order valence-corrected chi connectivity index (χ0v) is 11.7. The number of aliphatic carboxylic acids is 1. The highest BCUT2D eigenvalue weighted by atomic mass is 16.5. The van der Waals surface area contributed by atoms with Gasteiger partial charge in [0.2, 0.25) is 0 Å². The fraction of sp³-hybridized carbons (Fsp3) is 0.571. The van der Waals surface area contributed by atoms with Crippen LogP contribution in [-0.2, 0) is 22.4 Å². The Hall–Kier alpha value is -1.82. The van der Waals surface area contributed by atoms with Gasteiger partial charge in [0.1, 0.15) is 5.76 Å². The molecule has 0 aliphatic carbocycles. The third kappa shape index (κ3) is 2.70. The SMILES string of the molecule is CCc1cc(C(=O)N2CCOCC2C(=O)O)oc1CC. The van der Waals surface area contributed by atoms with Gasteiger partial charge in [0, 0.05) is 13.0 Å². The molecule has 1 aliphatic heterocycles. The van der Waals surface area contributed by atoms with E-state index in [1.807, 2.05) is 13.8 Å². The van der Waals surface area contributed by atoms with Crippen molar-refractivity contribution in [2.75, 3.05) is 19.8 Å².